The first-order valence-electron chi connectivity index (χ1n) is 2.47. The molecule has 0 bridgehead atoms. The third-order valence-electron chi connectivity index (χ3n) is 0.839. The molecule has 0 amide bonds. The van der Waals surface area contributed by atoms with Crippen LogP contribution in [0.2, 0.25) is 0 Å². The highest BCUT2D eigenvalue weighted by Crippen LogP contribution is 1.96. The molecule has 0 atom stereocenters. The molecule has 0 rings (SSSR count). The van der Waals surface area contributed by atoms with Crippen molar-refractivity contribution in [1.29, 1.82) is 0 Å². The molecule has 0 heterocycles. The van der Waals surface area contributed by atoms with E-state index in [9.17, 15) is 0 Å². The quantitative estimate of drug-likeness (QED) is 0.360. The van der Waals surface area contributed by atoms with Gasteiger partial charge in [0.1, 0.15) is 0 Å². The van der Waals surface area contributed by atoms with Crippen LogP contribution in [-0.2, 0) is 0 Å². The highest BCUT2D eigenvalue weighted by atomic mass is 32.2. The van der Waals surface area contributed by atoms with Crippen LogP contribution in [0.15, 0.2) is 5.16 Å². The Hall–Kier alpha value is -0.180. The monoisotopic (exact) mass is 133 g/mol. The van der Waals surface area contributed by atoms with Gasteiger partial charge in [0.2, 0.25) is 0 Å². The van der Waals surface area contributed by atoms with Gasteiger partial charge in [-0.3, -0.25) is 0 Å². The molecular weight excluding hydrogens is 122 g/mol. The fourth-order valence-electron chi connectivity index (χ4n) is 0.300. The highest BCUT2D eigenvalue weighted by molar-refractivity contribution is 7.98. The molecule has 0 aromatic heterocycles. The largest absolute Gasteiger partial charge is 0.411 e. The molecule has 2 nitrogen and oxygen atoms in total. The van der Waals surface area contributed by atoms with Crippen molar-refractivity contribution in [1.82, 2.24) is 0 Å². The first kappa shape index (κ1) is 7.82. The third-order valence-corrected chi connectivity index (χ3v) is 1.45. The van der Waals surface area contributed by atoms with Crippen molar-refractivity contribution >= 4 is 17.5 Å². The van der Waals surface area contributed by atoms with Gasteiger partial charge in [0.15, 0.2) is 0 Å². The minimum atomic E-state index is 0.805. The first-order chi connectivity index (χ1) is 3.81. The van der Waals surface area contributed by atoms with Crippen molar-refractivity contribution in [3.05, 3.63) is 0 Å². The first-order valence-corrected chi connectivity index (χ1v) is 3.87. The molecule has 0 saturated heterocycles. The molecule has 0 aliphatic rings. The average Bonchev–Trinajstić information content (AvgIpc) is 1.83. The number of oxime groups is 1. The number of hydrogen-bond acceptors (Lipinski definition) is 3. The van der Waals surface area contributed by atoms with Crippen LogP contribution in [0.4, 0.5) is 0 Å². The van der Waals surface area contributed by atoms with E-state index in [4.69, 9.17) is 5.21 Å². The zero-order valence-corrected chi connectivity index (χ0v) is 6.03. The lowest BCUT2D eigenvalue weighted by Gasteiger charge is -1.91. The van der Waals surface area contributed by atoms with Gasteiger partial charge in [-0.15, -0.1) is 0 Å². The fourth-order valence-corrected chi connectivity index (χ4v) is 0.799. The summed E-state index contributed by atoms with van der Waals surface area (Å²) in [5, 5.41) is 11.2. The lowest BCUT2D eigenvalue weighted by Crippen LogP contribution is -1.91. The Labute approximate surface area is 54.0 Å². The zero-order chi connectivity index (χ0) is 6.41. The molecule has 48 valence electrons. The Morgan fingerprint density at radius 1 is 1.75 bits per heavy atom. The number of thioether (sulfide) groups is 1. The summed E-state index contributed by atoms with van der Waals surface area (Å²) in [5.74, 6) is 1.04. The summed E-state index contributed by atoms with van der Waals surface area (Å²) in [6, 6.07) is 0. The van der Waals surface area contributed by atoms with E-state index in [0.29, 0.717) is 0 Å². The predicted molar refractivity (Wildman–Crippen MR) is 37.9 cm³/mol. The Kier molecular flexibility index (Phi) is 4.85. The zero-order valence-electron chi connectivity index (χ0n) is 5.22. The maximum Gasteiger partial charge on any atom is 0.0548 e. The number of rotatable bonds is 3. The summed E-state index contributed by atoms with van der Waals surface area (Å²) in [7, 11) is 0. The smallest absolute Gasteiger partial charge is 0.0548 e. The second-order valence-corrected chi connectivity index (χ2v) is 2.56. The highest BCUT2D eigenvalue weighted by Gasteiger charge is 1.87. The van der Waals surface area contributed by atoms with Crippen LogP contribution in [0.3, 0.4) is 0 Å². The maximum atomic E-state index is 8.14. The van der Waals surface area contributed by atoms with Gasteiger partial charge in [-0.25, -0.2) is 0 Å². The van der Waals surface area contributed by atoms with E-state index < -0.39 is 0 Å². The normalized spacial score (nSPS) is 12.0. The Balaban J connectivity index is 3.12. The van der Waals surface area contributed by atoms with E-state index in [1.807, 2.05) is 13.2 Å². The van der Waals surface area contributed by atoms with Gasteiger partial charge < -0.3 is 5.21 Å². The Morgan fingerprint density at radius 3 is 2.75 bits per heavy atom. The Bertz CT molecular complexity index is 82.5. The van der Waals surface area contributed by atoms with Gasteiger partial charge in [-0.2, -0.15) is 11.8 Å². The summed E-state index contributed by atoms with van der Waals surface area (Å²) in [6.07, 6.45) is 2.92. The van der Waals surface area contributed by atoms with Crippen LogP contribution in [0.25, 0.3) is 0 Å². The van der Waals surface area contributed by atoms with Crippen molar-refractivity contribution < 1.29 is 5.21 Å². The molecule has 0 aromatic rings. The predicted octanol–water partition coefficient (Wildman–Crippen LogP) is 1.59. The lowest BCUT2D eigenvalue weighted by atomic mass is 10.3. The van der Waals surface area contributed by atoms with Crippen molar-refractivity contribution in [2.75, 3.05) is 12.0 Å². The summed E-state index contributed by atoms with van der Waals surface area (Å²) < 4.78 is 0. The second kappa shape index (κ2) is 4.97. The molecular formula is C5H11NOS. The van der Waals surface area contributed by atoms with E-state index in [0.717, 1.165) is 17.9 Å². The average molecular weight is 133 g/mol. The van der Waals surface area contributed by atoms with E-state index in [2.05, 4.69) is 5.16 Å². The molecule has 0 unspecified atom stereocenters. The third kappa shape index (κ3) is 3.99. The van der Waals surface area contributed by atoms with Gasteiger partial charge >= 0.3 is 0 Å². The molecule has 8 heavy (non-hydrogen) atoms. The van der Waals surface area contributed by atoms with Gasteiger partial charge in [0.25, 0.3) is 0 Å². The number of nitrogens with zero attached hydrogens (tertiary/aromatic N) is 1. The van der Waals surface area contributed by atoms with Crippen molar-refractivity contribution in [3.63, 3.8) is 0 Å². The molecule has 0 radical (unpaired) electrons. The lowest BCUT2D eigenvalue weighted by molar-refractivity contribution is 0.317. The standard InChI is InChI=1S/C5H11NOS/c1-5(6-7)3-4-8-2/h7H,3-4H2,1-2H3/b6-5+. The number of hydrogen-bond donors (Lipinski definition) is 1. The summed E-state index contributed by atoms with van der Waals surface area (Å²) in [4.78, 5) is 0. The molecule has 0 spiro atoms. The van der Waals surface area contributed by atoms with Crippen molar-refractivity contribution in [2.24, 2.45) is 5.16 Å². The van der Waals surface area contributed by atoms with Gasteiger partial charge in [-0.05, 0) is 25.4 Å². The minimum absolute atomic E-state index is 0.805. The second-order valence-electron chi connectivity index (χ2n) is 1.58. The molecule has 3 heteroatoms. The van der Waals surface area contributed by atoms with E-state index in [1.54, 1.807) is 11.8 Å². The van der Waals surface area contributed by atoms with E-state index in [1.165, 1.54) is 0 Å². The topological polar surface area (TPSA) is 32.6 Å². The van der Waals surface area contributed by atoms with Crippen LogP contribution >= 0.6 is 11.8 Å². The minimum Gasteiger partial charge on any atom is -0.411 e. The molecule has 0 aliphatic heterocycles. The summed E-state index contributed by atoms with van der Waals surface area (Å²) in [6.45, 7) is 1.82. The maximum absolute atomic E-state index is 8.14. The summed E-state index contributed by atoms with van der Waals surface area (Å²) >= 11 is 1.75. The van der Waals surface area contributed by atoms with Crippen LogP contribution in [0.5, 0.6) is 0 Å². The molecule has 0 fully saturated rings. The van der Waals surface area contributed by atoms with Crippen molar-refractivity contribution in [2.45, 2.75) is 13.3 Å². The van der Waals surface area contributed by atoms with Crippen LogP contribution < -0.4 is 0 Å². The van der Waals surface area contributed by atoms with Gasteiger partial charge in [0.05, 0.1) is 5.71 Å². The van der Waals surface area contributed by atoms with Gasteiger partial charge in [-0.1, -0.05) is 5.16 Å². The van der Waals surface area contributed by atoms with E-state index in [-0.39, 0.29) is 0 Å². The molecule has 1 N–H and O–H groups in total. The van der Waals surface area contributed by atoms with E-state index >= 15 is 0 Å². The van der Waals surface area contributed by atoms with Crippen LogP contribution in [0, 0.1) is 0 Å². The van der Waals surface area contributed by atoms with Crippen molar-refractivity contribution in [3.8, 4) is 0 Å². The molecule has 0 aromatic carbocycles. The SMILES string of the molecule is CSCC/C(C)=N/O. The van der Waals surface area contributed by atoms with Crippen LogP contribution in [0.1, 0.15) is 13.3 Å². The Morgan fingerprint density at radius 2 is 2.38 bits per heavy atom. The van der Waals surface area contributed by atoms with Crippen LogP contribution in [-0.4, -0.2) is 22.9 Å². The summed E-state index contributed by atoms with van der Waals surface area (Å²) in [5.41, 5.74) is 0.805. The van der Waals surface area contributed by atoms with Gasteiger partial charge in [0, 0.05) is 0 Å². The fraction of sp³-hybridized carbons (Fsp3) is 0.800. The molecule has 0 saturated carbocycles. The molecule has 0 aliphatic carbocycles.